The fourth-order valence-corrected chi connectivity index (χ4v) is 3.07. The number of rotatable bonds is 4. The molecule has 0 N–H and O–H groups in total. The van der Waals surface area contributed by atoms with Crippen molar-refractivity contribution in [3.8, 4) is 11.1 Å². The monoisotopic (exact) mass is 445 g/mol. The number of hydrogen-bond donors (Lipinski definition) is 0. The van der Waals surface area contributed by atoms with Crippen molar-refractivity contribution in [1.29, 1.82) is 0 Å². The number of nitro groups is 1. The van der Waals surface area contributed by atoms with Gasteiger partial charge in [0, 0.05) is 17.7 Å². The maximum atomic E-state index is 15.1. The van der Waals surface area contributed by atoms with Crippen LogP contribution in [0.3, 0.4) is 0 Å². The van der Waals surface area contributed by atoms with Crippen LogP contribution >= 0.6 is 0 Å². The average Bonchev–Trinajstić information content (AvgIpc) is 2.58. The molecule has 1 unspecified atom stereocenters. The number of hydrogen-bond acceptors (Lipinski definition) is 2. The first-order valence-electron chi connectivity index (χ1n) is 8.02. The minimum absolute atomic E-state index is 0.197. The van der Waals surface area contributed by atoms with Gasteiger partial charge in [-0.1, -0.05) is 17.7 Å². The zero-order chi connectivity index (χ0) is 23.3. The van der Waals surface area contributed by atoms with E-state index in [0.717, 1.165) is 44.2 Å². The Balaban J connectivity index is 2.95. The van der Waals surface area contributed by atoms with Gasteiger partial charge in [-0.3, -0.25) is 10.1 Å². The zero-order valence-electron chi connectivity index (χ0n) is 15.1. The van der Waals surface area contributed by atoms with Crippen molar-refractivity contribution in [3.05, 3.63) is 63.2 Å². The second-order valence-electron chi connectivity index (χ2n) is 6.54. The number of nitrogens with zero attached hydrogens (tertiary/aromatic N) is 1. The summed E-state index contributed by atoms with van der Waals surface area (Å²) >= 11 is 0. The Bertz CT molecular complexity index is 965. The standard InChI is InChI=1S/C18H12F9NO2/c1-9-7-10(2)14(11-3-5-12(6-4-11)28(29)30)13(8-9)15(19,17(22,23)24)16(20,21)18(25,26)27/h3-8H,1-2H3. The summed E-state index contributed by atoms with van der Waals surface area (Å²) in [4.78, 5) is 9.87. The maximum Gasteiger partial charge on any atom is 0.457 e. The number of aryl methyl sites for hydroxylation is 2. The van der Waals surface area contributed by atoms with E-state index in [4.69, 9.17) is 0 Å². The van der Waals surface area contributed by atoms with Crippen LogP contribution in [0.2, 0.25) is 0 Å². The maximum absolute atomic E-state index is 15.1. The normalized spacial score (nSPS) is 15.0. The summed E-state index contributed by atoms with van der Waals surface area (Å²) in [5, 5.41) is 10.7. The minimum Gasteiger partial charge on any atom is -0.258 e. The summed E-state index contributed by atoms with van der Waals surface area (Å²) < 4.78 is 122. The smallest absolute Gasteiger partial charge is 0.258 e. The molecule has 2 aromatic carbocycles. The zero-order valence-corrected chi connectivity index (χ0v) is 15.1. The predicted molar refractivity (Wildman–Crippen MR) is 87.8 cm³/mol. The molecular weight excluding hydrogens is 433 g/mol. The Kier molecular flexibility index (Phi) is 5.61. The fourth-order valence-electron chi connectivity index (χ4n) is 3.07. The van der Waals surface area contributed by atoms with Crippen molar-refractivity contribution in [2.24, 2.45) is 0 Å². The molecule has 0 saturated carbocycles. The van der Waals surface area contributed by atoms with Crippen molar-refractivity contribution in [3.63, 3.8) is 0 Å². The molecule has 0 heterocycles. The second kappa shape index (κ2) is 7.17. The third-order valence-electron chi connectivity index (χ3n) is 4.40. The number of benzene rings is 2. The highest BCUT2D eigenvalue weighted by molar-refractivity contribution is 5.74. The molecule has 0 fully saturated rings. The largest absolute Gasteiger partial charge is 0.457 e. The van der Waals surface area contributed by atoms with Gasteiger partial charge in [-0.05, 0) is 42.7 Å². The van der Waals surface area contributed by atoms with Gasteiger partial charge in [-0.25, -0.2) is 4.39 Å². The molecule has 1 atom stereocenters. The van der Waals surface area contributed by atoms with Crippen molar-refractivity contribution in [2.75, 3.05) is 0 Å². The van der Waals surface area contributed by atoms with Crippen LogP contribution < -0.4 is 0 Å². The first-order valence-corrected chi connectivity index (χ1v) is 8.02. The van der Waals surface area contributed by atoms with E-state index in [1.165, 1.54) is 0 Å². The molecule has 30 heavy (non-hydrogen) atoms. The van der Waals surface area contributed by atoms with Gasteiger partial charge in [-0.2, -0.15) is 35.1 Å². The summed E-state index contributed by atoms with van der Waals surface area (Å²) in [5.74, 6) is -6.83. The first kappa shape index (κ1) is 23.5. The van der Waals surface area contributed by atoms with E-state index in [1.54, 1.807) is 0 Å². The molecule has 2 aromatic rings. The molecule has 0 aliphatic rings. The van der Waals surface area contributed by atoms with Crippen LogP contribution in [-0.4, -0.2) is 23.2 Å². The van der Waals surface area contributed by atoms with Gasteiger partial charge in [0.2, 0.25) is 0 Å². The predicted octanol–water partition coefficient (Wildman–Crippen LogP) is 6.80. The van der Waals surface area contributed by atoms with Gasteiger partial charge in [0.15, 0.2) is 0 Å². The summed E-state index contributed by atoms with van der Waals surface area (Å²) in [6, 6.07) is 4.69. The van der Waals surface area contributed by atoms with E-state index in [-0.39, 0.29) is 17.2 Å². The third kappa shape index (κ3) is 3.58. The van der Waals surface area contributed by atoms with Gasteiger partial charge in [0.1, 0.15) is 0 Å². The van der Waals surface area contributed by atoms with E-state index in [2.05, 4.69) is 0 Å². The highest BCUT2D eigenvalue weighted by Crippen LogP contribution is 2.60. The summed E-state index contributed by atoms with van der Waals surface area (Å²) in [6.07, 6.45) is -13.5. The van der Waals surface area contributed by atoms with Crippen LogP contribution in [0.1, 0.15) is 16.7 Å². The average molecular weight is 445 g/mol. The molecule has 0 aromatic heterocycles. The molecular formula is C18H12F9NO2. The Morgan fingerprint density at radius 1 is 0.800 bits per heavy atom. The van der Waals surface area contributed by atoms with E-state index in [0.29, 0.717) is 0 Å². The van der Waals surface area contributed by atoms with Crippen LogP contribution in [0.25, 0.3) is 11.1 Å². The van der Waals surface area contributed by atoms with Gasteiger partial charge < -0.3 is 0 Å². The van der Waals surface area contributed by atoms with E-state index < -0.39 is 51.2 Å². The number of nitro benzene ring substituents is 1. The fraction of sp³-hybridized carbons (Fsp3) is 0.333. The van der Waals surface area contributed by atoms with Crippen LogP contribution in [0, 0.1) is 24.0 Å². The molecule has 0 spiro atoms. The van der Waals surface area contributed by atoms with Crippen LogP contribution in [-0.2, 0) is 5.67 Å². The number of alkyl halides is 9. The molecule has 0 bridgehead atoms. The SMILES string of the molecule is Cc1cc(C)c(-c2ccc([N+](=O)[O-])cc2)c(C(F)(C(F)(F)F)C(F)(F)C(F)(F)F)c1. The van der Waals surface area contributed by atoms with Crippen molar-refractivity contribution < 1.29 is 44.4 Å². The second-order valence-corrected chi connectivity index (χ2v) is 6.54. The van der Waals surface area contributed by atoms with Crippen LogP contribution in [0.4, 0.5) is 45.2 Å². The summed E-state index contributed by atoms with van der Waals surface area (Å²) in [6.45, 7) is 2.19. The molecule has 0 aliphatic heterocycles. The molecule has 12 heteroatoms. The van der Waals surface area contributed by atoms with E-state index >= 15 is 4.39 Å². The Hall–Kier alpha value is -2.79. The molecule has 3 nitrogen and oxygen atoms in total. The highest BCUT2D eigenvalue weighted by atomic mass is 19.4. The number of non-ortho nitro benzene ring substituents is 1. The topological polar surface area (TPSA) is 43.1 Å². The van der Waals surface area contributed by atoms with Gasteiger partial charge in [0.25, 0.3) is 5.69 Å². The first-order chi connectivity index (χ1) is 13.4. The lowest BCUT2D eigenvalue weighted by Gasteiger charge is -2.37. The van der Waals surface area contributed by atoms with E-state index in [1.807, 2.05) is 0 Å². The summed E-state index contributed by atoms with van der Waals surface area (Å²) in [7, 11) is 0. The van der Waals surface area contributed by atoms with Crippen molar-refractivity contribution in [1.82, 2.24) is 0 Å². The summed E-state index contributed by atoms with van der Waals surface area (Å²) in [5.41, 5.74) is -10.3. The number of halogens is 9. The highest BCUT2D eigenvalue weighted by Gasteiger charge is 2.82. The Morgan fingerprint density at radius 2 is 1.30 bits per heavy atom. The molecule has 0 radical (unpaired) electrons. The van der Waals surface area contributed by atoms with Gasteiger partial charge in [-0.15, -0.1) is 0 Å². The molecule has 2 rings (SSSR count). The quantitative estimate of drug-likeness (QED) is 0.295. The lowest BCUT2D eigenvalue weighted by Crippen LogP contribution is -2.60. The molecule has 164 valence electrons. The van der Waals surface area contributed by atoms with E-state index in [9.17, 15) is 45.2 Å². The van der Waals surface area contributed by atoms with Crippen molar-refractivity contribution in [2.45, 2.75) is 37.8 Å². The van der Waals surface area contributed by atoms with Crippen LogP contribution in [0.5, 0.6) is 0 Å². The Labute approximate surface area is 163 Å². The van der Waals surface area contributed by atoms with Crippen molar-refractivity contribution >= 4 is 5.69 Å². The lowest BCUT2D eigenvalue weighted by molar-refractivity contribution is -0.389. The minimum atomic E-state index is -6.86. The third-order valence-corrected chi connectivity index (χ3v) is 4.40. The Morgan fingerprint density at radius 3 is 1.70 bits per heavy atom. The van der Waals surface area contributed by atoms with Gasteiger partial charge >= 0.3 is 23.9 Å². The van der Waals surface area contributed by atoms with Gasteiger partial charge in [0.05, 0.1) is 4.92 Å². The molecule has 0 amide bonds. The lowest BCUT2D eigenvalue weighted by atomic mass is 9.80. The van der Waals surface area contributed by atoms with Crippen LogP contribution in [0.15, 0.2) is 36.4 Å². The molecule has 0 aliphatic carbocycles. The molecule has 0 saturated heterocycles.